The third-order valence-electron chi connectivity index (χ3n) is 2.51. The van der Waals surface area contributed by atoms with Gasteiger partial charge >= 0.3 is 0 Å². The first-order valence-corrected chi connectivity index (χ1v) is 7.53. The van der Waals surface area contributed by atoms with E-state index in [0.717, 1.165) is 19.4 Å². The average molecular weight is 237 g/mol. The van der Waals surface area contributed by atoms with Crippen molar-refractivity contribution in [2.45, 2.75) is 32.7 Å². The maximum atomic E-state index is 11.9. The lowest BCUT2D eigenvalue weighted by atomic mass is 10.2. The van der Waals surface area contributed by atoms with Crippen molar-refractivity contribution < 1.29 is 13.8 Å². The molecule has 1 heterocycles. The van der Waals surface area contributed by atoms with Gasteiger partial charge in [-0.2, -0.15) is 0 Å². The van der Waals surface area contributed by atoms with Crippen LogP contribution < -0.4 is 0 Å². The second-order valence-electron chi connectivity index (χ2n) is 3.40. The molecule has 0 amide bonds. The third kappa shape index (κ3) is 4.23. The summed E-state index contributed by atoms with van der Waals surface area (Å²) in [5.41, 5.74) is 0. The number of methoxy groups -OCH3 is 1. The molecule has 92 valence electrons. The highest BCUT2D eigenvalue weighted by atomic mass is 31.2. The smallest absolute Gasteiger partial charge is 0.269 e. The highest BCUT2D eigenvalue weighted by Gasteiger charge is 2.35. The predicted molar refractivity (Wildman–Crippen MR) is 63.5 cm³/mol. The van der Waals surface area contributed by atoms with Gasteiger partial charge in [0.05, 0.1) is 6.61 Å². The van der Waals surface area contributed by atoms with Gasteiger partial charge < -0.3 is 9.26 Å². The number of hydrogen-bond acceptors (Lipinski definition) is 3. The van der Waals surface area contributed by atoms with Crippen molar-refractivity contribution >= 4 is 7.52 Å². The Kier molecular flexibility index (Phi) is 7.45. The Bertz CT molecular complexity index is 211. The molecular formula is C10H24NO3P. The van der Waals surface area contributed by atoms with Crippen LogP contribution in [0.2, 0.25) is 0 Å². The molecule has 2 unspecified atom stereocenters. The van der Waals surface area contributed by atoms with Crippen molar-refractivity contribution in [1.82, 2.24) is 4.67 Å². The molecule has 0 N–H and O–H groups in total. The second kappa shape index (κ2) is 7.39. The van der Waals surface area contributed by atoms with Crippen LogP contribution in [0.15, 0.2) is 0 Å². The minimum Gasteiger partial charge on any atom is -0.383 e. The number of hydrogen-bond donors (Lipinski definition) is 0. The normalized spacial score (nSPS) is 25.5. The monoisotopic (exact) mass is 237 g/mol. The Morgan fingerprint density at radius 2 is 2.00 bits per heavy atom. The van der Waals surface area contributed by atoms with Gasteiger partial charge in [0, 0.05) is 33.5 Å². The van der Waals surface area contributed by atoms with Gasteiger partial charge in [0.15, 0.2) is 0 Å². The van der Waals surface area contributed by atoms with Gasteiger partial charge in [0.25, 0.3) is 7.52 Å². The third-order valence-corrected chi connectivity index (χ3v) is 4.65. The van der Waals surface area contributed by atoms with Gasteiger partial charge in [-0.05, 0) is 12.8 Å². The van der Waals surface area contributed by atoms with E-state index in [1.54, 1.807) is 13.8 Å². The molecule has 1 saturated heterocycles. The summed E-state index contributed by atoms with van der Waals surface area (Å²) in [4.78, 5) is 0. The van der Waals surface area contributed by atoms with Gasteiger partial charge in [-0.3, -0.25) is 4.57 Å². The summed E-state index contributed by atoms with van der Waals surface area (Å²) < 4.78 is 24.0. The molecule has 2 atom stereocenters. The Hall–Kier alpha value is 0.110. The molecule has 0 aliphatic carbocycles. The van der Waals surface area contributed by atoms with E-state index < -0.39 is 7.52 Å². The first kappa shape index (κ1) is 15.1. The van der Waals surface area contributed by atoms with Gasteiger partial charge in [-0.1, -0.05) is 13.8 Å². The molecule has 1 aliphatic heterocycles. The van der Waals surface area contributed by atoms with E-state index >= 15 is 0 Å². The van der Waals surface area contributed by atoms with Crippen LogP contribution in [-0.4, -0.2) is 44.7 Å². The maximum Gasteiger partial charge on any atom is 0.269 e. The molecule has 0 aromatic rings. The zero-order chi connectivity index (χ0) is 11.9. The van der Waals surface area contributed by atoms with Crippen molar-refractivity contribution in [3.63, 3.8) is 0 Å². The molecule has 0 aromatic heterocycles. The summed E-state index contributed by atoms with van der Waals surface area (Å²) in [7, 11) is 0.620. The summed E-state index contributed by atoms with van der Waals surface area (Å²) in [6, 6.07) is 0.265. The van der Waals surface area contributed by atoms with Crippen molar-refractivity contribution in [2.24, 2.45) is 0 Å². The molecule has 1 aliphatic rings. The van der Waals surface area contributed by atoms with Crippen LogP contribution in [0.5, 0.6) is 0 Å². The lowest BCUT2D eigenvalue weighted by Gasteiger charge is -2.28. The SMILES string of the molecule is CC.COCC1CCCN1P(C)(=O)OC. The largest absolute Gasteiger partial charge is 0.383 e. The molecule has 0 aromatic carbocycles. The molecule has 0 spiro atoms. The van der Waals surface area contributed by atoms with Crippen LogP contribution >= 0.6 is 7.52 Å². The number of rotatable bonds is 4. The maximum absolute atomic E-state index is 11.9. The van der Waals surface area contributed by atoms with Gasteiger partial charge in [-0.15, -0.1) is 0 Å². The van der Waals surface area contributed by atoms with Crippen molar-refractivity contribution in [3.05, 3.63) is 0 Å². The first-order valence-electron chi connectivity index (χ1n) is 5.51. The average Bonchev–Trinajstić information content (AvgIpc) is 2.70. The van der Waals surface area contributed by atoms with E-state index in [9.17, 15) is 4.57 Å². The van der Waals surface area contributed by atoms with Crippen LogP contribution in [0.1, 0.15) is 26.7 Å². The summed E-state index contributed by atoms with van der Waals surface area (Å²) in [6.07, 6.45) is 2.13. The summed E-state index contributed by atoms with van der Waals surface area (Å²) >= 11 is 0. The Balaban J connectivity index is 0.000000921. The summed E-state index contributed by atoms with van der Waals surface area (Å²) in [5, 5.41) is 0. The fourth-order valence-corrected chi connectivity index (χ4v) is 3.26. The fourth-order valence-electron chi connectivity index (χ4n) is 1.77. The molecule has 0 saturated carbocycles. The van der Waals surface area contributed by atoms with Crippen LogP contribution in [0.3, 0.4) is 0 Å². The van der Waals surface area contributed by atoms with Crippen molar-refractivity contribution in [3.8, 4) is 0 Å². The van der Waals surface area contributed by atoms with Gasteiger partial charge in [0.2, 0.25) is 0 Å². The predicted octanol–water partition coefficient (Wildman–Crippen LogP) is 2.59. The fraction of sp³-hybridized carbons (Fsp3) is 1.00. The standard InChI is InChI=1S/C8H18NO3P.C2H6/c1-11-7-8-5-4-6-9(8)13(3,10)12-2;1-2/h8H,4-7H2,1-3H3;1-2H3. The van der Waals surface area contributed by atoms with Crippen molar-refractivity contribution in [1.29, 1.82) is 0 Å². The van der Waals surface area contributed by atoms with E-state index in [0.29, 0.717) is 6.61 Å². The second-order valence-corrected chi connectivity index (χ2v) is 5.88. The lowest BCUT2D eigenvalue weighted by molar-refractivity contribution is 0.142. The highest BCUT2D eigenvalue weighted by Crippen LogP contribution is 2.50. The number of nitrogens with zero attached hydrogens (tertiary/aromatic N) is 1. The Labute approximate surface area is 93.4 Å². The molecule has 5 heteroatoms. The topological polar surface area (TPSA) is 38.8 Å². The van der Waals surface area contributed by atoms with Crippen LogP contribution in [-0.2, 0) is 13.8 Å². The summed E-state index contributed by atoms with van der Waals surface area (Å²) in [5.74, 6) is 0. The van der Waals surface area contributed by atoms with Crippen LogP contribution in [0.4, 0.5) is 0 Å². The van der Waals surface area contributed by atoms with Crippen LogP contribution in [0, 0.1) is 0 Å². The molecule has 15 heavy (non-hydrogen) atoms. The Morgan fingerprint density at radius 3 is 2.47 bits per heavy atom. The minimum atomic E-state index is -2.55. The van der Waals surface area contributed by atoms with Crippen molar-refractivity contribution in [2.75, 3.05) is 34.0 Å². The quantitative estimate of drug-likeness (QED) is 0.704. The summed E-state index contributed by atoms with van der Waals surface area (Å²) in [6.45, 7) is 7.16. The zero-order valence-electron chi connectivity index (χ0n) is 10.5. The van der Waals surface area contributed by atoms with Gasteiger partial charge in [0.1, 0.15) is 0 Å². The van der Waals surface area contributed by atoms with E-state index in [1.807, 2.05) is 18.5 Å². The van der Waals surface area contributed by atoms with E-state index in [1.165, 1.54) is 7.11 Å². The van der Waals surface area contributed by atoms with E-state index in [-0.39, 0.29) is 6.04 Å². The van der Waals surface area contributed by atoms with E-state index in [4.69, 9.17) is 9.26 Å². The van der Waals surface area contributed by atoms with Crippen LogP contribution in [0.25, 0.3) is 0 Å². The van der Waals surface area contributed by atoms with E-state index in [2.05, 4.69) is 0 Å². The molecule has 0 radical (unpaired) electrons. The Morgan fingerprint density at radius 1 is 1.40 bits per heavy atom. The molecular weight excluding hydrogens is 213 g/mol. The van der Waals surface area contributed by atoms with Gasteiger partial charge in [-0.25, -0.2) is 4.67 Å². The first-order chi connectivity index (χ1) is 7.11. The number of ether oxygens (including phenoxy) is 1. The lowest BCUT2D eigenvalue weighted by Crippen LogP contribution is -2.30. The minimum absolute atomic E-state index is 0.265. The molecule has 1 fully saturated rings. The highest BCUT2D eigenvalue weighted by molar-refractivity contribution is 7.55. The molecule has 1 rings (SSSR count). The molecule has 0 bridgehead atoms. The zero-order valence-corrected chi connectivity index (χ0v) is 11.4. The molecule has 4 nitrogen and oxygen atoms in total.